The Hall–Kier alpha value is -4.88. The first-order chi connectivity index (χ1) is 28.4. The van der Waals surface area contributed by atoms with Gasteiger partial charge in [-0.25, -0.2) is 0 Å². The number of methoxy groups -OCH3 is 7. The molecule has 0 saturated carbocycles. The number of unbranched alkanes of at least 4 members (excludes halogenated alkanes) is 3. The zero-order chi connectivity index (χ0) is 42.6. The zero-order valence-electron chi connectivity index (χ0n) is 36.7. The number of fused-ring (bicyclic) bond motifs is 2. The van der Waals surface area contributed by atoms with Gasteiger partial charge in [-0.3, -0.25) is 9.59 Å². The second kappa shape index (κ2) is 20.9. The topological polar surface area (TPSA) is 117 Å². The van der Waals surface area contributed by atoms with Crippen molar-refractivity contribution in [1.82, 2.24) is 0 Å². The van der Waals surface area contributed by atoms with E-state index >= 15 is 0 Å². The maximum atomic E-state index is 13.1. The average Bonchev–Trinajstić information content (AvgIpc) is 3.25. The van der Waals surface area contributed by atoms with Gasteiger partial charge in [-0.05, 0) is 72.7 Å². The zero-order valence-corrected chi connectivity index (χ0v) is 36.7. The smallest absolute Gasteiger partial charge is 0.311 e. The Morgan fingerprint density at radius 2 is 1.15 bits per heavy atom. The van der Waals surface area contributed by atoms with Gasteiger partial charge in [-0.15, -0.1) is 0 Å². The lowest BCUT2D eigenvalue weighted by Crippen LogP contribution is -2.53. The van der Waals surface area contributed by atoms with Gasteiger partial charge in [0.25, 0.3) is 0 Å². The van der Waals surface area contributed by atoms with E-state index in [0.29, 0.717) is 88.4 Å². The van der Waals surface area contributed by atoms with E-state index in [4.69, 9.17) is 42.6 Å². The molecule has 5 rings (SSSR count). The highest BCUT2D eigenvalue weighted by Gasteiger charge is 2.40. The molecule has 13 nitrogen and oxygen atoms in total. The maximum Gasteiger partial charge on any atom is 0.311 e. The standard InChI is InChI=1S/C46H66N2O11/c1-47(20-16-34-29-42(55-7)46(57-9)45(56-8)36(34)31-47)21-18-43(49)58-24-12-10-11-13-25-59-44(50)19-23-48(2)22-17-33-28-40(53-5)41(54-6)30-35(33)37(48)26-32-14-15-38(51-3)39(27-32)52-4/h14-15,27-30,37H,10-13,16-26,31H2,1-9H3/q+2/t37-,47?,48?/m1/s1. The summed E-state index contributed by atoms with van der Waals surface area (Å²) in [6, 6.07) is 12.3. The van der Waals surface area contributed by atoms with Gasteiger partial charge in [0.1, 0.15) is 12.6 Å². The van der Waals surface area contributed by atoms with Crippen molar-refractivity contribution in [3.8, 4) is 40.2 Å². The summed E-state index contributed by atoms with van der Waals surface area (Å²) in [5, 5.41) is 0. The van der Waals surface area contributed by atoms with E-state index < -0.39 is 0 Å². The highest BCUT2D eigenvalue weighted by molar-refractivity contribution is 5.69. The number of esters is 2. The summed E-state index contributed by atoms with van der Waals surface area (Å²) in [5.74, 6) is 4.36. The molecular weight excluding hydrogens is 757 g/mol. The summed E-state index contributed by atoms with van der Waals surface area (Å²) in [5.41, 5.74) is 5.82. The first kappa shape index (κ1) is 45.2. The minimum Gasteiger partial charge on any atom is -0.493 e. The van der Waals surface area contributed by atoms with Gasteiger partial charge >= 0.3 is 11.9 Å². The average molecular weight is 823 g/mol. The van der Waals surface area contributed by atoms with Gasteiger partial charge in [0, 0.05) is 24.8 Å². The van der Waals surface area contributed by atoms with Crippen molar-refractivity contribution in [3.63, 3.8) is 0 Å². The summed E-state index contributed by atoms with van der Waals surface area (Å²) in [7, 11) is 15.9. The summed E-state index contributed by atoms with van der Waals surface area (Å²) in [6.07, 6.45) is 6.43. The number of rotatable bonds is 22. The van der Waals surface area contributed by atoms with Gasteiger partial charge in [0.15, 0.2) is 34.5 Å². The fourth-order valence-corrected chi connectivity index (χ4v) is 8.65. The second-order valence-corrected chi connectivity index (χ2v) is 16.1. The van der Waals surface area contributed by atoms with Crippen molar-refractivity contribution in [1.29, 1.82) is 0 Å². The van der Waals surface area contributed by atoms with Crippen LogP contribution < -0.4 is 33.2 Å². The van der Waals surface area contributed by atoms with Crippen molar-refractivity contribution in [2.75, 3.05) is 103 Å². The van der Waals surface area contributed by atoms with Crippen molar-refractivity contribution in [2.45, 2.75) is 70.4 Å². The van der Waals surface area contributed by atoms with Crippen LogP contribution in [-0.2, 0) is 44.9 Å². The Labute approximate surface area is 350 Å². The number of ether oxygens (including phenoxy) is 9. The van der Waals surface area contributed by atoms with Crippen LogP contribution in [0.2, 0.25) is 0 Å². The molecule has 59 heavy (non-hydrogen) atoms. The monoisotopic (exact) mass is 822 g/mol. The molecule has 3 aromatic rings. The van der Waals surface area contributed by atoms with E-state index in [1.54, 1.807) is 49.8 Å². The van der Waals surface area contributed by atoms with Crippen LogP contribution in [0.5, 0.6) is 40.2 Å². The Kier molecular flexibility index (Phi) is 16.0. The first-order valence-corrected chi connectivity index (χ1v) is 20.7. The van der Waals surface area contributed by atoms with Gasteiger partial charge in [-0.2, -0.15) is 0 Å². The third-order valence-corrected chi connectivity index (χ3v) is 12.3. The molecule has 0 saturated heterocycles. The number of nitrogens with zero attached hydrogens (tertiary/aromatic N) is 2. The molecule has 2 aliphatic rings. The molecule has 13 heteroatoms. The molecule has 0 radical (unpaired) electrons. The molecule has 0 spiro atoms. The van der Waals surface area contributed by atoms with Crippen LogP contribution in [0.3, 0.4) is 0 Å². The van der Waals surface area contributed by atoms with Gasteiger partial charge in [0.05, 0.1) is 122 Å². The lowest BCUT2D eigenvalue weighted by atomic mass is 9.86. The quantitative estimate of drug-likeness (QED) is 0.0616. The van der Waals surface area contributed by atoms with E-state index in [1.807, 2.05) is 18.2 Å². The Bertz CT molecular complexity index is 1900. The molecule has 2 heterocycles. The third kappa shape index (κ3) is 11.0. The van der Waals surface area contributed by atoms with Crippen LogP contribution in [0.25, 0.3) is 0 Å². The SMILES string of the molecule is COc1ccc(C[C@@H]2c3cc(OC)c(OC)cc3CC[N+]2(C)CCC(=O)OCCCCCCOC(=O)CC[N+]2(C)CCc3cc(OC)c(OC)c(OC)c3C2)cc1OC. The third-order valence-electron chi connectivity index (χ3n) is 12.3. The summed E-state index contributed by atoms with van der Waals surface area (Å²) in [4.78, 5) is 25.8. The second-order valence-electron chi connectivity index (χ2n) is 16.1. The lowest BCUT2D eigenvalue weighted by molar-refractivity contribution is -0.940. The Balaban J connectivity index is 1.04. The molecule has 0 fully saturated rings. The van der Waals surface area contributed by atoms with Crippen LogP contribution >= 0.6 is 0 Å². The molecule has 0 aliphatic carbocycles. The molecule has 3 atom stereocenters. The normalized spacial score (nSPS) is 19.4. The number of hydrogen-bond acceptors (Lipinski definition) is 11. The lowest BCUT2D eigenvalue weighted by Gasteiger charge is -2.46. The Morgan fingerprint density at radius 3 is 1.76 bits per heavy atom. The maximum absolute atomic E-state index is 13.1. The van der Waals surface area contributed by atoms with E-state index in [2.05, 4.69) is 32.3 Å². The van der Waals surface area contributed by atoms with E-state index in [0.717, 1.165) is 75.7 Å². The molecular formula is C46H66N2O11+2. The van der Waals surface area contributed by atoms with Crippen molar-refractivity contribution in [3.05, 3.63) is 64.2 Å². The Morgan fingerprint density at radius 1 is 0.593 bits per heavy atom. The van der Waals surface area contributed by atoms with E-state index in [1.165, 1.54) is 16.7 Å². The molecule has 324 valence electrons. The fraction of sp³-hybridized carbons (Fsp3) is 0.565. The number of likely N-dealkylation sites (N-methyl/N-ethyl adjacent to an activating group) is 2. The molecule has 0 aromatic heterocycles. The minimum atomic E-state index is -0.188. The van der Waals surface area contributed by atoms with Crippen LogP contribution in [0.4, 0.5) is 0 Å². The predicted molar refractivity (Wildman–Crippen MR) is 224 cm³/mol. The predicted octanol–water partition coefficient (Wildman–Crippen LogP) is 6.66. The highest BCUT2D eigenvalue weighted by Crippen LogP contribution is 2.45. The number of quaternary nitrogens is 2. The van der Waals surface area contributed by atoms with Gasteiger partial charge in [0.2, 0.25) is 5.75 Å². The van der Waals surface area contributed by atoms with Crippen molar-refractivity contribution < 1.29 is 61.2 Å². The van der Waals surface area contributed by atoms with Crippen LogP contribution in [0.1, 0.15) is 72.4 Å². The first-order valence-electron chi connectivity index (χ1n) is 20.7. The summed E-state index contributed by atoms with van der Waals surface area (Å²) >= 11 is 0. The largest absolute Gasteiger partial charge is 0.493 e. The number of hydrogen-bond donors (Lipinski definition) is 0. The summed E-state index contributed by atoms with van der Waals surface area (Å²) in [6.45, 7) is 4.58. The number of carbonyl (C=O) groups is 2. The van der Waals surface area contributed by atoms with Crippen molar-refractivity contribution in [2.24, 2.45) is 0 Å². The van der Waals surface area contributed by atoms with E-state index in [-0.39, 0.29) is 18.0 Å². The molecule has 2 aliphatic heterocycles. The minimum absolute atomic E-state index is 0.0595. The molecule has 3 aromatic carbocycles. The molecule has 0 N–H and O–H groups in total. The number of carbonyl (C=O) groups excluding carboxylic acids is 2. The van der Waals surface area contributed by atoms with Crippen molar-refractivity contribution >= 4 is 11.9 Å². The van der Waals surface area contributed by atoms with E-state index in [9.17, 15) is 9.59 Å². The van der Waals surface area contributed by atoms with Crippen LogP contribution in [0, 0.1) is 0 Å². The van der Waals surface area contributed by atoms with Crippen LogP contribution in [0.15, 0.2) is 36.4 Å². The molecule has 2 unspecified atom stereocenters. The van der Waals surface area contributed by atoms with Gasteiger partial charge in [-0.1, -0.05) is 6.07 Å². The highest BCUT2D eigenvalue weighted by atomic mass is 16.5. The molecule has 0 amide bonds. The molecule has 0 bridgehead atoms. The van der Waals surface area contributed by atoms with Crippen LogP contribution in [-0.4, -0.2) is 124 Å². The fourth-order valence-electron chi connectivity index (χ4n) is 8.65. The van der Waals surface area contributed by atoms with Gasteiger partial charge < -0.3 is 51.6 Å². The summed E-state index contributed by atoms with van der Waals surface area (Å²) < 4.78 is 52.0. The number of benzene rings is 3.